The molecule has 3 aromatic heterocycles. The minimum absolute atomic E-state index is 0.129. The molecular formula is C25H24N6O. The van der Waals surface area contributed by atoms with Gasteiger partial charge in [0.25, 0.3) is 0 Å². The number of anilines is 1. The number of hydrogen-bond acceptors (Lipinski definition) is 6. The molecule has 1 aliphatic rings. The molecule has 1 unspecified atom stereocenters. The average molecular weight is 425 g/mol. The molecule has 3 heterocycles. The van der Waals surface area contributed by atoms with Crippen molar-refractivity contribution in [2.24, 2.45) is 0 Å². The van der Waals surface area contributed by atoms with Gasteiger partial charge in [-0.25, -0.2) is 9.97 Å². The second-order valence-corrected chi connectivity index (χ2v) is 8.19. The van der Waals surface area contributed by atoms with E-state index in [2.05, 4.69) is 46.0 Å². The van der Waals surface area contributed by atoms with E-state index in [1.807, 2.05) is 53.6 Å². The van der Waals surface area contributed by atoms with Gasteiger partial charge in [0.05, 0.1) is 23.3 Å². The van der Waals surface area contributed by atoms with Gasteiger partial charge < -0.3 is 10.8 Å². The number of nitrogens with two attached hydrogens (primary N) is 1. The topological polar surface area (TPSA) is 103 Å². The summed E-state index contributed by atoms with van der Waals surface area (Å²) in [6.07, 6.45) is 7.71. The summed E-state index contributed by atoms with van der Waals surface area (Å²) in [6.45, 7) is 4.19. The molecule has 0 bridgehead atoms. The maximum Gasteiger partial charge on any atom is 0.220 e. The van der Waals surface area contributed by atoms with Crippen LogP contribution in [0.3, 0.4) is 0 Å². The first-order chi connectivity index (χ1) is 15.5. The number of aromatic nitrogens is 5. The number of pyridine rings is 1. The van der Waals surface area contributed by atoms with Gasteiger partial charge in [-0.05, 0) is 31.5 Å². The van der Waals surface area contributed by atoms with Gasteiger partial charge in [-0.15, -0.1) is 0 Å². The highest BCUT2D eigenvalue weighted by molar-refractivity contribution is 5.84. The fraction of sp³-hybridized carbons (Fsp3) is 0.200. The van der Waals surface area contributed by atoms with Crippen LogP contribution in [0.25, 0.3) is 16.7 Å². The van der Waals surface area contributed by atoms with Crippen LogP contribution in [0.15, 0.2) is 67.1 Å². The maximum absolute atomic E-state index is 10.8. The SMILES string of the molecule is CC(C)n1cc(-c2cnc3c(c2)C(c2cc(C(O)c4ccccc4)nc(N)n2)=CC3)cn1. The Hall–Kier alpha value is -3.84. The van der Waals surface area contributed by atoms with Gasteiger partial charge in [-0.2, -0.15) is 5.10 Å². The van der Waals surface area contributed by atoms with Crippen LogP contribution in [0, 0.1) is 0 Å². The van der Waals surface area contributed by atoms with Crippen molar-refractivity contribution in [3.05, 3.63) is 95.3 Å². The van der Waals surface area contributed by atoms with Crippen molar-refractivity contribution in [1.82, 2.24) is 24.7 Å². The van der Waals surface area contributed by atoms with Crippen LogP contribution in [0.5, 0.6) is 0 Å². The summed E-state index contributed by atoms with van der Waals surface area (Å²) >= 11 is 0. The fourth-order valence-electron chi connectivity index (χ4n) is 3.94. The van der Waals surface area contributed by atoms with Crippen molar-refractivity contribution in [3.63, 3.8) is 0 Å². The minimum Gasteiger partial charge on any atom is -0.382 e. The lowest BCUT2D eigenvalue weighted by atomic mass is 10.0. The van der Waals surface area contributed by atoms with Crippen LogP contribution in [0.4, 0.5) is 5.95 Å². The van der Waals surface area contributed by atoms with Gasteiger partial charge in [0.2, 0.25) is 5.95 Å². The van der Waals surface area contributed by atoms with Crippen LogP contribution in [0.1, 0.15) is 54.2 Å². The normalized spacial score (nSPS) is 13.8. The number of aliphatic hydroxyl groups is 1. The fourth-order valence-corrected chi connectivity index (χ4v) is 3.94. The van der Waals surface area contributed by atoms with E-state index in [0.29, 0.717) is 17.4 Å². The molecule has 0 saturated carbocycles. The van der Waals surface area contributed by atoms with Crippen molar-refractivity contribution in [2.45, 2.75) is 32.4 Å². The zero-order chi connectivity index (χ0) is 22.2. The molecule has 7 heteroatoms. The average Bonchev–Trinajstić information content (AvgIpc) is 3.46. The minimum atomic E-state index is -0.881. The molecule has 4 aromatic rings. The van der Waals surface area contributed by atoms with Gasteiger partial charge in [-0.3, -0.25) is 9.67 Å². The Morgan fingerprint density at radius 3 is 2.59 bits per heavy atom. The number of fused-ring (bicyclic) bond motifs is 1. The van der Waals surface area contributed by atoms with Crippen molar-refractivity contribution in [2.75, 3.05) is 5.73 Å². The van der Waals surface area contributed by atoms with E-state index in [1.54, 1.807) is 6.07 Å². The summed E-state index contributed by atoms with van der Waals surface area (Å²) in [5.41, 5.74) is 12.9. The summed E-state index contributed by atoms with van der Waals surface area (Å²) in [7, 11) is 0. The standard InChI is InChI=1S/C25H24N6O/c1-15(2)31-14-18(13-28-31)17-10-20-19(8-9-21(20)27-12-17)22-11-23(30-25(26)29-22)24(32)16-6-4-3-5-7-16/h3-8,10-15,24,32H,9H2,1-2H3,(H2,26,29,30). The molecule has 7 nitrogen and oxygen atoms in total. The van der Waals surface area contributed by atoms with Gasteiger partial charge in [0.1, 0.15) is 6.10 Å². The number of nitrogens with zero attached hydrogens (tertiary/aromatic N) is 5. The lowest BCUT2D eigenvalue weighted by Gasteiger charge is -2.13. The number of allylic oxidation sites excluding steroid dienone is 1. The molecular weight excluding hydrogens is 400 g/mol. The van der Waals surface area contributed by atoms with E-state index in [0.717, 1.165) is 39.9 Å². The first-order valence-corrected chi connectivity index (χ1v) is 10.6. The van der Waals surface area contributed by atoms with Gasteiger partial charge in [0.15, 0.2) is 0 Å². The number of aliphatic hydroxyl groups excluding tert-OH is 1. The molecule has 0 amide bonds. The number of hydrogen-bond donors (Lipinski definition) is 2. The number of benzene rings is 1. The lowest BCUT2D eigenvalue weighted by molar-refractivity contribution is 0.215. The Balaban J connectivity index is 1.52. The largest absolute Gasteiger partial charge is 0.382 e. The second-order valence-electron chi connectivity index (χ2n) is 8.19. The predicted molar refractivity (Wildman–Crippen MR) is 124 cm³/mol. The molecule has 5 rings (SSSR count). The third-order valence-electron chi connectivity index (χ3n) is 5.66. The Labute approximate surface area is 186 Å². The highest BCUT2D eigenvalue weighted by Crippen LogP contribution is 2.35. The zero-order valence-electron chi connectivity index (χ0n) is 18.0. The molecule has 0 radical (unpaired) electrons. The lowest BCUT2D eigenvalue weighted by Crippen LogP contribution is -2.08. The Morgan fingerprint density at radius 2 is 1.84 bits per heavy atom. The Bertz CT molecular complexity index is 1310. The van der Waals surface area contributed by atoms with Crippen LogP contribution >= 0.6 is 0 Å². The van der Waals surface area contributed by atoms with Crippen molar-refractivity contribution < 1.29 is 5.11 Å². The molecule has 32 heavy (non-hydrogen) atoms. The van der Waals surface area contributed by atoms with Gasteiger partial charge in [-0.1, -0.05) is 36.4 Å². The molecule has 0 spiro atoms. The molecule has 1 atom stereocenters. The third kappa shape index (κ3) is 3.67. The summed E-state index contributed by atoms with van der Waals surface area (Å²) in [6, 6.07) is 13.6. The first-order valence-electron chi connectivity index (χ1n) is 10.6. The van der Waals surface area contributed by atoms with E-state index >= 15 is 0 Å². The van der Waals surface area contributed by atoms with Crippen molar-refractivity contribution in [1.29, 1.82) is 0 Å². The summed E-state index contributed by atoms with van der Waals surface area (Å²) in [5, 5.41) is 15.3. The van der Waals surface area contributed by atoms with E-state index in [4.69, 9.17) is 5.73 Å². The quantitative estimate of drug-likeness (QED) is 0.503. The molecule has 0 aliphatic heterocycles. The molecule has 3 N–H and O–H groups in total. The smallest absolute Gasteiger partial charge is 0.220 e. The summed E-state index contributed by atoms with van der Waals surface area (Å²) in [5.74, 6) is 0.129. The molecule has 0 saturated heterocycles. The van der Waals surface area contributed by atoms with Crippen molar-refractivity contribution >= 4 is 11.5 Å². The van der Waals surface area contributed by atoms with Crippen LogP contribution < -0.4 is 5.73 Å². The van der Waals surface area contributed by atoms with Crippen molar-refractivity contribution in [3.8, 4) is 11.1 Å². The van der Waals surface area contributed by atoms with Gasteiger partial charge >= 0.3 is 0 Å². The molecule has 160 valence electrons. The summed E-state index contributed by atoms with van der Waals surface area (Å²) in [4.78, 5) is 13.4. The van der Waals surface area contributed by atoms with Crippen LogP contribution in [0.2, 0.25) is 0 Å². The number of rotatable bonds is 5. The first kappa shape index (κ1) is 20.1. The van der Waals surface area contributed by atoms with E-state index < -0.39 is 6.10 Å². The van der Waals surface area contributed by atoms with E-state index in [-0.39, 0.29) is 5.95 Å². The second kappa shape index (κ2) is 8.01. The van der Waals surface area contributed by atoms with Gasteiger partial charge in [0, 0.05) is 47.1 Å². The highest BCUT2D eigenvalue weighted by atomic mass is 16.3. The third-order valence-corrected chi connectivity index (χ3v) is 5.66. The Morgan fingerprint density at radius 1 is 1.03 bits per heavy atom. The molecule has 1 aromatic carbocycles. The zero-order valence-corrected chi connectivity index (χ0v) is 18.0. The number of nitrogen functional groups attached to an aromatic ring is 1. The molecule has 1 aliphatic carbocycles. The monoisotopic (exact) mass is 424 g/mol. The van der Waals surface area contributed by atoms with Crippen LogP contribution in [-0.2, 0) is 6.42 Å². The maximum atomic E-state index is 10.8. The Kier molecular flexibility index (Phi) is 5.03. The van der Waals surface area contributed by atoms with Crippen LogP contribution in [-0.4, -0.2) is 29.8 Å². The summed E-state index contributed by atoms with van der Waals surface area (Å²) < 4.78 is 1.93. The van der Waals surface area contributed by atoms with E-state index in [9.17, 15) is 5.11 Å². The highest BCUT2D eigenvalue weighted by Gasteiger charge is 2.22. The van der Waals surface area contributed by atoms with E-state index in [1.165, 1.54) is 0 Å². The molecule has 0 fully saturated rings. The predicted octanol–water partition coefficient (Wildman–Crippen LogP) is 3.97.